The van der Waals surface area contributed by atoms with E-state index >= 15 is 0 Å². The number of ether oxygens (including phenoxy) is 1. The smallest absolute Gasteiger partial charge is 0.336 e. The molecule has 0 saturated carbocycles. The second-order valence-electron chi connectivity index (χ2n) is 2.94. The molecule has 0 spiro atoms. The molecule has 14 heavy (non-hydrogen) atoms. The van der Waals surface area contributed by atoms with Crippen molar-refractivity contribution in [1.29, 1.82) is 0 Å². The van der Waals surface area contributed by atoms with Gasteiger partial charge in [0.2, 0.25) is 0 Å². The van der Waals surface area contributed by atoms with E-state index in [9.17, 15) is 9.59 Å². The fourth-order valence-corrected chi connectivity index (χ4v) is 1.14. The molecule has 1 heterocycles. The highest BCUT2D eigenvalue weighted by atomic mass is 16.5. The average Bonchev–Trinajstić information content (AvgIpc) is 2.31. The summed E-state index contributed by atoms with van der Waals surface area (Å²) in [5, 5.41) is 2.73. The van der Waals surface area contributed by atoms with Crippen LogP contribution in [0.3, 0.4) is 0 Å². The Kier molecular flexibility index (Phi) is 3.45. The lowest BCUT2D eigenvalue weighted by molar-refractivity contribution is -0.140. The first-order valence-corrected chi connectivity index (χ1v) is 4.50. The molecule has 1 aliphatic heterocycles. The summed E-state index contributed by atoms with van der Waals surface area (Å²) in [6.45, 7) is 3.72. The number of carbonyl (C=O) groups excluding carboxylic acids is 2. The van der Waals surface area contributed by atoms with Gasteiger partial charge in [0.05, 0.1) is 18.1 Å². The van der Waals surface area contributed by atoms with Gasteiger partial charge in [-0.25, -0.2) is 4.79 Å². The summed E-state index contributed by atoms with van der Waals surface area (Å²) in [4.78, 5) is 22.8. The van der Waals surface area contributed by atoms with Crippen molar-refractivity contribution >= 4 is 11.8 Å². The molecular formula is C10H13NO3. The van der Waals surface area contributed by atoms with E-state index in [-0.39, 0.29) is 5.78 Å². The fourth-order valence-electron chi connectivity index (χ4n) is 1.14. The number of carbonyl (C=O) groups is 2. The maximum absolute atomic E-state index is 11.4. The topological polar surface area (TPSA) is 55.4 Å². The van der Waals surface area contributed by atoms with E-state index in [1.54, 1.807) is 13.8 Å². The number of hydrogen-bond acceptors (Lipinski definition) is 4. The van der Waals surface area contributed by atoms with Gasteiger partial charge in [-0.15, -0.1) is 0 Å². The third kappa shape index (κ3) is 2.22. The number of nitrogens with one attached hydrogen (secondary N) is 1. The van der Waals surface area contributed by atoms with Crippen molar-refractivity contribution in [1.82, 2.24) is 5.32 Å². The summed E-state index contributed by atoms with van der Waals surface area (Å²) in [5.74, 6) is -0.987. The Balaban J connectivity index is 2.82. The summed E-state index contributed by atoms with van der Waals surface area (Å²) in [7, 11) is 0. The molecule has 0 fully saturated rings. The minimum Gasteiger partial charge on any atom is -0.463 e. The molecule has 0 radical (unpaired) electrons. The second-order valence-corrected chi connectivity index (χ2v) is 2.94. The molecule has 4 heteroatoms. The molecule has 0 bridgehead atoms. The Bertz CT molecular complexity index is 304. The van der Waals surface area contributed by atoms with Gasteiger partial charge >= 0.3 is 5.97 Å². The first kappa shape index (κ1) is 10.5. The van der Waals surface area contributed by atoms with Gasteiger partial charge in [0.15, 0.2) is 5.78 Å². The van der Waals surface area contributed by atoms with E-state index in [4.69, 9.17) is 4.74 Å². The Morgan fingerprint density at radius 3 is 3.00 bits per heavy atom. The molecule has 1 unspecified atom stereocenters. The van der Waals surface area contributed by atoms with Crippen LogP contribution < -0.4 is 5.32 Å². The van der Waals surface area contributed by atoms with E-state index < -0.39 is 11.9 Å². The quantitative estimate of drug-likeness (QED) is 0.661. The first-order valence-electron chi connectivity index (χ1n) is 4.50. The van der Waals surface area contributed by atoms with Gasteiger partial charge < -0.3 is 10.1 Å². The van der Waals surface area contributed by atoms with Gasteiger partial charge in [-0.3, -0.25) is 4.79 Å². The van der Waals surface area contributed by atoms with Crippen LogP contribution in [0.1, 0.15) is 13.8 Å². The van der Waals surface area contributed by atoms with Crippen LogP contribution in [0.4, 0.5) is 0 Å². The summed E-state index contributed by atoms with van der Waals surface area (Å²) in [5.41, 5.74) is 0.363. The molecule has 0 saturated heterocycles. The molecule has 1 rings (SSSR count). The van der Waals surface area contributed by atoms with Crippen molar-refractivity contribution in [2.24, 2.45) is 5.92 Å². The Labute approximate surface area is 82.6 Å². The molecule has 0 aromatic rings. The van der Waals surface area contributed by atoms with E-state index in [2.05, 4.69) is 5.32 Å². The Morgan fingerprint density at radius 1 is 1.64 bits per heavy atom. The highest BCUT2D eigenvalue weighted by Crippen LogP contribution is 2.15. The molecule has 0 amide bonds. The van der Waals surface area contributed by atoms with Crippen LogP contribution >= 0.6 is 0 Å². The van der Waals surface area contributed by atoms with Gasteiger partial charge in [0.25, 0.3) is 0 Å². The molecule has 0 aliphatic carbocycles. The molecule has 1 atom stereocenters. The van der Waals surface area contributed by atoms with Crippen LogP contribution in [0, 0.1) is 5.92 Å². The minimum absolute atomic E-state index is 0.102. The van der Waals surface area contributed by atoms with Crippen LogP contribution in [0.5, 0.6) is 0 Å². The third-order valence-electron chi connectivity index (χ3n) is 1.99. The second kappa shape index (κ2) is 4.60. The average molecular weight is 195 g/mol. The predicted molar refractivity (Wildman–Crippen MR) is 51.2 cm³/mol. The van der Waals surface area contributed by atoms with Crippen molar-refractivity contribution in [2.45, 2.75) is 13.8 Å². The van der Waals surface area contributed by atoms with Crippen LogP contribution in [0.25, 0.3) is 0 Å². The number of rotatable bonds is 2. The third-order valence-corrected chi connectivity index (χ3v) is 1.99. The van der Waals surface area contributed by atoms with E-state index in [1.165, 1.54) is 18.5 Å². The molecule has 0 aromatic heterocycles. The van der Waals surface area contributed by atoms with Gasteiger partial charge in [-0.1, -0.05) is 6.92 Å². The van der Waals surface area contributed by atoms with Crippen LogP contribution in [0.2, 0.25) is 0 Å². The van der Waals surface area contributed by atoms with Crippen molar-refractivity contribution in [3.8, 4) is 0 Å². The van der Waals surface area contributed by atoms with E-state index in [0.29, 0.717) is 12.2 Å². The maximum atomic E-state index is 11.4. The monoisotopic (exact) mass is 195 g/mol. The highest BCUT2D eigenvalue weighted by molar-refractivity contribution is 6.02. The molecule has 4 nitrogen and oxygen atoms in total. The van der Waals surface area contributed by atoms with Gasteiger partial charge in [-0.2, -0.15) is 0 Å². The lowest BCUT2D eigenvalue weighted by atomic mass is 9.98. The van der Waals surface area contributed by atoms with Gasteiger partial charge in [0.1, 0.15) is 0 Å². The highest BCUT2D eigenvalue weighted by Gasteiger charge is 2.23. The first-order chi connectivity index (χ1) is 6.66. The minimum atomic E-state index is -0.444. The number of esters is 1. The maximum Gasteiger partial charge on any atom is 0.336 e. The number of ketones is 1. The normalized spacial score (nSPS) is 20.9. The number of allylic oxidation sites excluding steroid dienone is 1. The van der Waals surface area contributed by atoms with E-state index in [1.807, 2.05) is 0 Å². The zero-order chi connectivity index (χ0) is 10.6. The van der Waals surface area contributed by atoms with Crippen LogP contribution in [0.15, 0.2) is 24.0 Å². The van der Waals surface area contributed by atoms with Crippen molar-refractivity contribution in [3.05, 3.63) is 24.0 Å². The fraction of sp³-hybridized carbons (Fsp3) is 0.400. The van der Waals surface area contributed by atoms with Crippen molar-refractivity contribution in [3.63, 3.8) is 0 Å². The largest absolute Gasteiger partial charge is 0.463 e. The lowest BCUT2D eigenvalue weighted by Gasteiger charge is -2.10. The van der Waals surface area contributed by atoms with Gasteiger partial charge in [0, 0.05) is 12.4 Å². The molecule has 1 N–H and O–H groups in total. The SMILES string of the molecule is CCOC(=O)C1=CNC=CC(=O)C1C. The lowest BCUT2D eigenvalue weighted by Crippen LogP contribution is -2.19. The van der Waals surface area contributed by atoms with Crippen molar-refractivity contribution < 1.29 is 14.3 Å². The Morgan fingerprint density at radius 2 is 2.36 bits per heavy atom. The van der Waals surface area contributed by atoms with E-state index in [0.717, 1.165) is 0 Å². The zero-order valence-electron chi connectivity index (χ0n) is 8.24. The summed E-state index contributed by atoms with van der Waals surface area (Å²) in [6, 6.07) is 0. The molecule has 76 valence electrons. The molecule has 0 aromatic carbocycles. The predicted octanol–water partition coefficient (Wildman–Crippen LogP) is 0.756. The standard InChI is InChI=1S/C10H13NO3/c1-3-14-10(13)8-6-11-5-4-9(12)7(8)2/h4-7,11H,3H2,1-2H3. The summed E-state index contributed by atoms with van der Waals surface area (Å²) >= 11 is 0. The van der Waals surface area contributed by atoms with Crippen LogP contribution in [-0.2, 0) is 14.3 Å². The summed E-state index contributed by atoms with van der Waals surface area (Å²) < 4.78 is 4.83. The van der Waals surface area contributed by atoms with Crippen LogP contribution in [-0.4, -0.2) is 18.4 Å². The molecule has 1 aliphatic rings. The van der Waals surface area contributed by atoms with Crippen molar-refractivity contribution in [2.75, 3.05) is 6.61 Å². The Hall–Kier alpha value is -1.58. The van der Waals surface area contributed by atoms with Gasteiger partial charge in [-0.05, 0) is 13.0 Å². The molecular weight excluding hydrogens is 182 g/mol. The zero-order valence-corrected chi connectivity index (χ0v) is 8.24. The number of hydrogen-bond donors (Lipinski definition) is 1. The summed E-state index contributed by atoms with van der Waals surface area (Å²) in [6.07, 6.45) is 4.42.